The van der Waals surface area contributed by atoms with E-state index in [0.29, 0.717) is 55.3 Å². The van der Waals surface area contributed by atoms with E-state index in [1.165, 1.54) is 43.7 Å². The summed E-state index contributed by atoms with van der Waals surface area (Å²) in [5, 5.41) is 13.2. The molecule has 0 radical (unpaired) electrons. The Morgan fingerprint density at radius 1 is 1.03 bits per heavy atom. The standard InChI is InChI=1S/C26H19ClFN3O4S/c1-15-26(22-12-23(27)21(13-25(22)34-2)16-4-3-5-17(28)10-16)20-7-6-19(11-24(20)30-29-15)36(32,33)14-18-8-9-35-31-18/h3-13H,14H2,1-2H3. The molecule has 7 nitrogen and oxygen atoms in total. The molecule has 2 heterocycles. The van der Waals surface area contributed by atoms with E-state index in [2.05, 4.69) is 15.4 Å². The first-order valence-electron chi connectivity index (χ1n) is 10.8. The van der Waals surface area contributed by atoms with Crippen LogP contribution in [0.25, 0.3) is 33.2 Å². The van der Waals surface area contributed by atoms with E-state index in [-0.39, 0.29) is 16.5 Å². The summed E-state index contributed by atoms with van der Waals surface area (Å²) < 4.78 is 50.1. The highest BCUT2D eigenvalue weighted by molar-refractivity contribution is 7.90. The average molecular weight is 524 g/mol. The molecule has 0 spiro atoms. The highest BCUT2D eigenvalue weighted by atomic mass is 35.5. The fraction of sp³-hybridized carbons (Fsp3) is 0.115. The van der Waals surface area contributed by atoms with Crippen LogP contribution in [0.3, 0.4) is 0 Å². The first-order valence-corrected chi connectivity index (χ1v) is 12.8. The van der Waals surface area contributed by atoms with Crippen molar-refractivity contribution in [2.24, 2.45) is 0 Å². The highest BCUT2D eigenvalue weighted by Crippen LogP contribution is 2.42. The molecular formula is C26H19ClFN3O4S. The molecule has 0 atom stereocenters. The van der Waals surface area contributed by atoms with Gasteiger partial charge in [0.15, 0.2) is 9.84 Å². The monoisotopic (exact) mass is 523 g/mol. The van der Waals surface area contributed by atoms with Crippen molar-refractivity contribution in [2.75, 3.05) is 7.11 Å². The molecule has 0 aliphatic carbocycles. The molecule has 0 unspecified atom stereocenters. The summed E-state index contributed by atoms with van der Waals surface area (Å²) in [5.74, 6) is -0.175. The van der Waals surface area contributed by atoms with Crippen molar-refractivity contribution in [3.63, 3.8) is 0 Å². The molecule has 0 bridgehead atoms. The molecule has 5 rings (SSSR count). The number of benzene rings is 3. The molecule has 2 aromatic heterocycles. The largest absolute Gasteiger partial charge is 0.496 e. The van der Waals surface area contributed by atoms with Gasteiger partial charge in [-0.3, -0.25) is 0 Å². The maximum atomic E-state index is 13.8. The predicted octanol–water partition coefficient (Wildman–Crippen LogP) is 6.04. The molecule has 0 saturated heterocycles. The average Bonchev–Trinajstić information content (AvgIpc) is 3.36. The van der Waals surface area contributed by atoms with Crippen LogP contribution in [-0.2, 0) is 15.6 Å². The van der Waals surface area contributed by atoms with Crippen LogP contribution >= 0.6 is 11.6 Å². The number of nitrogens with zero attached hydrogens (tertiary/aromatic N) is 3. The van der Waals surface area contributed by atoms with E-state index in [0.717, 1.165) is 0 Å². The second kappa shape index (κ2) is 9.33. The molecule has 0 fully saturated rings. The fourth-order valence-corrected chi connectivity index (χ4v) is 5.64. The maximum Gasteiger partial charge on any atom is 0.184 e. The van der Waals surface area contributed by atoms with Gasteiger partial charge in [0, 0.05) is 33.2 Å². The molecule has 0 amide bonds. The van der Waals surface area contributed by atoms with Crippen molar-refractivity contribution in [1.82, 2.24) is 15.4 Å². The van der Waals surface area contributed by atoms with Crippen LogP contribution in [0, 0.1) is 12.7 Å². The van der Waals surface area contributed by atoms with Gasteiger partial charge in [-0.15, -0.1) is 0 Å². The molecule has 10 heteroatoms. The van der Waals surface area contributed by atoms with E-state index in [1.54, 1.807) is 37.3 Å². The Morgan fingerprint density at radius 2 is 1.86 bits per heavy atom. The summed E-state index contributed by atoms with van der Waals surface area (Å²) in [6.07, 6.45) is 1.32. The number of aryl methyl sites for hydroxylation is 1. The molecule has 0 N–H and O–H groups in total. The lowest BCUT2D eigenvalue weighted by molar-refractivity contribution is 0.413. The first kappa shape index (κ1) is 23.9. The van der Waals surface area contributed by atoms with Crippen molar-refractivity contribution < 1.29 is 22.1 Å². The van der Waals surface area contributed by atoms with Gasteiger partial charge in [0.1, 0.15) is 23.6 Å². The summed E-state index contributed by atoms with van der Waals surface area (Å²) >= 11 is 6.64. The van der Waals surface area contributed by atoms with Crippen molar-refractivity contribution in [2.45, 2.75) is 17.6 Å². The van der Waals surface area contributed by atoms with E-state index in [1.807, 2.05) is 0 Å². The molecule has 0 aliphatic heterocycles. The fourth-order valence-electron chi connectivity index (χ4n) is 4.10. The molecule has 3 aromatic carbocycles. The number of ether oxygens (including phenoxy) is 1. The van der Waals surface area contributed by atoms with Crippen molar-refractivity contribution in [1.29, 1.82) is 0 Å². The van der Waals surface area contributed by atoms with E-state index in [4.69, 9.17) is 20.9 Å². The zero-order valence-corrected chi connectivity index (χ0v) is 20.8. The lowest BCUT2D eigenvalue weighted by Gasteiger charge is -2.16. The summed E-state index contributed by atoms with van der Waals surface area (Å²) in [5.41, 5.74) is 3.88. The number of methoxy groups -OCH3 is 1. The van der Waals surface area contributed by atoms with Gasteiger partial charge in [-0.25, -0.2) is 12.8 Å². The second-order valence-electron chi connectivity index (χ2n) is 8.13. The topological polar surface area (TPSA) is 95.2 Å². The van der Waals surface area contributed by atoms with Gasteiger partial charge < -0.3 is 9.26 Å². The summed E-state index contributed by atoms with van der Waals surface area (Å²) in [6, 6.07) is 15.8. The van der Waals surface area contributed by atoms with Crippen LogP contribution in [0.2, 0.25) is 5.02 Å². The van der Waals surface area contributed by atoms with Gasteiger partial charge in [0.2, 0.25) is 0 Å². The lowest BCUT2D eigenvalue weighted by atomic mass is 9.95. The predicted molar refractivity (Wildman–Crippen MR) is 134 cm³/mol. The molecule has 5 aromatic rings. The summed E-state index contributed by atoms with van der Waals surface area (Å²) in [7, 11) is -2.16. The quantitative estimate of drug-likeness (QED) is 0.268. The number of rotatable bonds is 6. The Labute approximate surface area is 211 Å². The van der Waals surface area contributed by atoms with Gasteiger partial charge in [0.05, 0.1) is 28.9 Å². The Bertz CT molecular complexity index is 1710. The third-order valence-corrected chi connectivity index (χ3v) is 7.75. The number of hydrogen-bond donors (Lipinski definition) is 0. The van der Waals surface area contributed by atoms with E-state index >= 15 is 0 Å². The molecular weight excluding hydrogens is 505 g/mol. The zero-order chi connectivity index (χ0) is 25.4. The van der Waals surface area contributed by atoms with Crippen LogP contribution in [-0.4, -0.2) is 30.9 Å². The summed E-state index contributed by atoms with van der Waals surface area (Å²) in [4.78, 5) is 0.0913. The van der Waals surface area contributed by atoms with Crippen LogP contribution in [0.5, 0.6) is 5.75 Å². The molecule has 182 valence electrons. The minimum absolute atomic E-state index is 0.0913. The van der Waals surface area contributed by atoms with Crippen LogP contribution in [0.15, 0.2) is 76.3 Å². The summed E-state index contributed by atoms with van der Waals surface area (Å²) in [6.45, 7) is 1.80. The van der Waals surface area contributed by atoms with Gasteiger partial charge >= 0.3 is 0 Å². The van der Waals surface area contributed by atoms with Crippen LogP contribution in [0.1, 0.15) is 11.4 Å². The third-order valence-electron chi connectivity index (χ3n) is 5.79. The number of fused-ring (bicyclic) bond motifs is 1. The van der Waals surface area contributed by atoms with Crippen LogP contribution < -0.4 is 4.74 Å². The lowest BCUT2D eigenvalue weighted by Crippen LogP contribution is -2.06. The number of aromatic nitrogens is 3. The highest BCUT2D eigenvalue weighted by Gasteiger charge is 2.21. The van der Waals surface area contributed by atoms with E-state index in [9.17, 15) is 12.8 Å². The van der Waals surface area contributed by atoms with Gasteiger partial charge in [0.25, 0.3) is 0 Å². The third kappa shape index (κ3) is 4.43. The van der Waals surface area contributed by atoms with Crippen LogP contribution in [0.4, 0.5) is 4.39 Å². The van der Waals surface area contributed by atoms with Crippen molar-refractivity contribution >= 4 is 32.3 Å². The van der Waals surface area contributed by atoms with Gasteiger partial charge in [-0.2, -0.15) is 10.2 Å². The Morgan fingerprint density at radius 3 is 2.58 bits per heavy atom. The van der Waals surface area contributed by atoms with Crippen molar-refractivity contribution in [3.05, 3.63) is 89.2 Å². The first-order chi connectivity index (χ1) is 17.3. The second-order valence-corrected chi connectivity index (χ2v) is 10.5. The molecule has 0 saturated carbocycles. The van der Waals surface area contributed by atoms with Gasteiger partial charge in [-0.05, 0) is 48.9 Å². The minimum Gasteiger partial charge on any atom is -0.496 e. The number of sulfone groups is 1. The smallest absolute Gasteiger partial charge is 0.184 e. The van der Waals surface area contributed by atoms with Gasteiger partial charge in [-0.1, -0.05) is 35.0 Å². The number of hydrogen-bond acceptors (Lipinski definition) is 7. The molecule has 36 heavy (non-hydrogen) atoms. The number of halogens is 2. The Balaban J connectivity index is 1.64. The zero-order valence-electron chi connectivity index (χ0n) is 19.2. The minimum atomic E-state index is -3.69. The Hall–Kier alpha value is -3.82. The Kier molecular flexibility index (Phi) is 6.19. The van der Waals surface area contributed by atoms with Crippen molar-refractivity contribution in [3.8, 4) is 28.0 Å². The van der Waals surface area contributed by atoms with E-state index < -0.39 is 9.84 Å². The SMILES string of the molecule is COc1cc(-c2cccc(F)c2)c(Cl)cc1-c1c(C)nnc2cc(S(=O)(=O)Cc3ccon3)ccc12. The normalized spacial score (nSPS) is 11.7. The maximum absolute atomic E-state index is 13.8. The molecule has 0 aliphatic rings.